The van der Waals surface area contributed by atoms with Gasteiger partial charge in [0.15, 0.2) is 0 Å². The third-order valence-electron chi connectivity index (χ3n) is 2.46. The predicted octanol–water partition coefficient (Wildman–Crippen LogP) is 0.256. The Morgan fingerprint density at radius 3 is 2.77 bits per heavy atom. The molecule has 0 radical (unpaired) electrons. The van der Waals surface area contributed by atoms with Crippen molar-refractivity contribution in [2.45, 2.75) is 44.4 Å². The summed E-state index contributed by atoms with van der Waals surface area (Å²) in [6.45, 7) is 2.02. The molecule has 1 aliphatic carbocycles. The highest BCUT2D eigenvalue weighted by atomic mass is 32.2. The molecule has 0 aromatic carbocycles. The first-order valence-electron chi connectivity index (χ1n) is 4.83. The Morgan fingerprint density at radius 2 is 2.31 bits per heavy atom. The molecule has 0 saturated heterocycles. The van der Waals surface area contributed by atoms with Crippen LogP contribution in [-0.4, -0.2) is 39.5 Å². The minimum atomic E-state index is -0.751. The summed E-state index contributed by atoms with van der Waals surface area (Å²) in [5.74, 6) is 0.670. The van der Waals surface area contributed by atoms with E-state index in [0.29, 0.717) is 5.75 Å². The average molecular weight is 205 g/mol. The fraction of sp³-hybridized carbons (Fsp3) is 1.00. The normalized spacial score (nSPS) is 33.2. The fourth-order valence-corrected chi connectivity index (χ4v) is 2.70. The topological polar surface area (TPSA) is 49.3 Å². The molecule has 78 valence electrons. The van der Waals surface area contributed by atoms with E-state index in [4.69, 9.17) is 0 Å². The maximum atomic E-state index is 10.9. The average Bonchev–Trinajstić information content (AvgIpc) is 2.34. The van der Waals surface area contributed by atoms with Gasteiger partial charge >= 0.3 is 0 Å². The number of rotatable bonds is 4. The van der Waals surface area contributed by atoms with E-state index in [1.165, 1.54) is 0 Å². The van der Waals surface area contributed by atoms with E-state index >= 15 is 0 Å². The van der Waals surface area contributed by atoms with Gasteiger partial charge in [-0.2, -0.15) is 0 Å². The van der Waals surface area contributed by atoms with Crippen molar-refractivity contribution in [3.63, 3.8) is 0 Å². The number of nitrogens with one attached hydrogen (secondary N) is 1. The maximum absolute atomic E-state index is 10.9. The Kier molecular flexibility index (Phi) is 4.35. The van der Waals surface area contributed by atoms with Crippen LogP contribution >= 0.6 is 0 Å². The van der Waals surface area contributed by atoms with Crippen molar-refractivity contribution in [3.05, 3.63) is 0 Å². The van der Waals surface area contributed by atoms with Crippen molar-refractivity contribution in [2.24, 2.45) is 0 Å². The highest BCUT2D eigenvalue weighted by Gasteiger charge is 2.25. The SMILES string of the molecule is CC(CS(C)=O)N[C@H]1CCC[C@@H]1O. The van der Waals surface area contributed by atoms with Crippen LogP contribution in [0.25, 0.3) is 0 Å². The van der Waals surface area contributed by atoms with Crippen molar-refractivity contribution < 1.29 is 9.32 Å². The maximum Gasteiger partial charge on any atom is 0.0693 e. The highest BCUT2D eigenvalue weighted by Crippen LogP contribution is 2.19. The zero-order valence-electron chi connectivity index (χ0n) is 8.32. The van der Waals surface area contributed by atoms with Crippen LogP contribution in [0.3, 0.4) is 0 Å². The second kappa shape index (κ2) is 5.08. The van der Waals surface area contributed by atoms with Gasteiger partial charge in [-0.05, 0) is 26.2 Å². The van der Waals surface area contributed by atoms with Crippen LogP contribution in [0.4, 0.5) is 0 Å². The van der Waals surface area contributed by atoms with Crippen LogP contribution in [0, 0.1) is 0 Å². The lowest BCUT2D eigenvalue weighted by Gasteiger charge is -2.21. The van der Waals surface area contributed by atoms with Gasteiger partial charge in [-0.15, -0.1) is 0 Å². The standard InChI is InChI=1S/C9H19NO2S/c1-7(6-13(2)12)10-8-4-3-5-9(8)11/h7-11H,3-6H2,1-2H3/t7?,8-,9-,13?/m0/s1. The second-order valence-electron chi connectivity index (χ2n) is 3.91. The first-order valence-corrected chi connectivity index (χ1v) is 6.56. The summed E-state index contributed by atoms with van der Waals surface area (Å²) in [7, 11) is -0.751. The third kappa shape index (κ3) is 3.75. The number of hydrogen-bond acceptors (Lipinski definition) is 3. The zero-order chi connectivity index (χ0) is 9.84. The first-order chi connectivity index (χ1) is 6.09. The number of hydrogen-bond donors (Lipinski definition) is 2. The fourth-order valence-electron chi connectivity index (χ4n) is 1.90. The molecule has 4 atom stereocenters. The molecule has 2 N–H and O–H groups in total. The minimum absolute atomic E-state index is 0.201. The van der Waals surface area contributed by atoms with Gasteiger partial charge in [0.1, 0.15) is 0 Å². The van der Waals surface area contributed by atoms with Gasteiger partial charge in [-0.1, -0.05) is 0 Å². The lowest BCUT2D eigenvalue weighted by Crippen LogP contribution is -2.43. The summed E-state index contributed by atoms with van der Waals surface area (Å²) in [5, 5.41) is 12.9. The van der Waals surface area contributed by atoms with Crippen molar-refractivity contribution in [1.82, 2.24) is 5.32 Å². The molecule has 0 amide bonds. The lowest BCUT2D eigenvalue weighted by molar-refractivity contribution is 0.145. The Morgan fingerprint density at radius 1 is 1.62 bits per heavy atom. The summed E-state index contributed by atoms with van der Waals surface area (Å²) >= 11 is 0. The highest BCUT2D eigenvalue weighted by molar-refractivity contribution is 7.84. The Balaban J connectivity index is 2.26. The van der Waals surface area contributed by atoms with Crippen LogP contribution in [0.15, 0.2) is 0 Å². The van der Waals surface area contributed by atoms with Crippen LogP contribution < -0.4 is 5.32 Å². The molecule has 1 rings (SSSR count). The molecular weight excluding hydrogens is 186 g/mol. The van der Waals surface area contributed by atoms with Gasteiger partial charge in [0, 0.05) is 34.9 Å². The molecule has 1 saturated carbocycles. The third-order valence-corrected chi connectivity index (χ3v) is 3.43. The Hall–Kier alpha value is 0.0700. The molecule has 0 spiro atoms. The van der Waals surface area contributed by atoms with Gasteiger partial charge < -0.3 is 10.4 Å². The lowest BCUT2D eigenvalue weighted by atomic mass is 10.2. The van der Waals surface area contributed by atoms with E-state index in [-0.39, 0.29) is 18.2 Å². The zero-order valence-corrected chi connectivity index (χ0v) is 9.14. The molecule has 2 unspecified atom stereocenters. The molecule has 13 heavy (non-hydrogen) atoms. The minimum Gasteiger partial charge on any atom is -0.392 e. The molecule has 0 aromatic rings. The Labute approximate surface area is 82.4 Å². The van der Waals surface area contributed by atoms with E-state index in [1.807, 2.05) is 6.92 Å². The van der Waals surface area contributed by atoms with Gasteiger partial charge in [-0.3, -0.25) is 4.21 Å². The monoisotopic (exact) mass is 205 g/mol. The molecule has 1 fully saturated rings. The smallest absolute Gasteiger partial charge is 0.0693 e. The number of aliphatic hydroxyl groups excluding tert-OH is 1. The molecule has 0 aromatic heterocycles. The summed E-state index contributed by atoms with van der Waals surface area (Å²) in [6.07, 6.45) is 4.55. The largest absolute Gasteiger partial charge is 0.392 e. The molecule has 1 aliphatic rings. The summed E-state index contributed by atoms with van der Waals surface area (Å²) in [6, 6.07) is 0.460. The van der Waals surface area contributed by atoms with Crippen LogP contribution in [-0.2, 0) is 10.8 Å². The van der Waals surface area contributed by atoms with E-state index < -0.39 is 10.8 Å². The molecule has 0 heterocycles. The summed E-state index contributed by atoms with van der Waals surface area (Å²) < 4.78 is 10.9. The van der Waals surface area contributed by atoms with Gasteiger partial charge in [-0.25, -0.2) is 0 Å². The molecular formula is C9H19NO2S. The van der Waals surface area contributed by atoms with E-state index in [9.17, 15) is 9.32 Å². The molecule has 0 aliphatic heterocycles. The molecule has 0 bridgehead atoms. The summed E-state index contributed by atoms with van der Waals surface area (Å²) in [4.78, 5) is 0. The number of aliphatic hydroxyl groups is 1. The van der Waals surface area contributed by atoms with Crippen molar-refractivity contribution in [3.8, 4) is 0 Å². The quantitative estimate of drug-likeness (QED) is 0.692. The van der Waals surface area contributed by atoms with Crippen LogP contribution in [0.1, 0.15) is 26.2 Å². The van der Waals surface area contributed by atoms with Crippen molar-refractivity contribution in [1.29, 1.82) is 0 Å². The Bertz CT molecular complexity index is 186. The van der Waals surface area contributed by atoms with Crippen molar-refractivity contribution >= 4 is 10.8 Å². The first kappa shape index (κ1) is 11.1. The van der Waals surface area contributed by atoms with Crippen LogP contribution in [0.2, 0.25) is 0 Å². The van der Waals surface area contributed by atoms with E-state index in [0.717, 1.165) is 19.3 Å². The van der Waals surface area contributed by atoms with Gasteiger partial charge in [0.05, 0.1) is 6.10 Å². The van der Waals surface area contributed by atoms with E-state index in [1.54, 1.807) is 6.26 Å². The summed E-state index contributed by atoms with van der Waals surface area (Å²) in [5.41, 5.74) is 0. The van der Waals surface area contributed by atoms with Gasteiger partial charge in [0.25, 0.3) is 0 Å². The van der Waals surface area contributed by atoms with Crippen LogP contribution in [0.5, 0.6) is 0 Å². The molecule has 4 heteroatoms. The predicted molar refractivity (Wildman–Crippen MR) is 55.2 cm³/mol. The van der Waals surface area contributed by atoms with E-state index in [2.05, 4.69) is 5.32 Å². The van der Waals surface area contributed by atoms with Crippen molar-refractivity contribution in [2.75, 3.05) is 12.0 Å². The van der Waals surface area contributed by atoms with Gasteiger partial charge in [0.2, 0.25) is 0 Å². The second-order valence-corrected chi connectivity index (χ2v) is 5.39. The molecule has 3 nitrogen and oxygen atoms in total.